The lowest BCUT2D eigenvalue weighted by Crippen LogP contribution is -2.56. The van der Waals surface area contributed by atoms with Crippen LogP contribution in [0.1, 0.15) is 63.4 Å². The van der Waals surface area contributed by atoms with E-state index in [1.807, 2.05) is 18.3 Å². The number of H-pyrrole nitrogens is 1. The SMILES string of the molecule is CCC(=O)N1CCCC(C(F)(F)F)C1C1CCC(c2ccnc3cnc4[nH]ccc4c23)CC1. The lowest BCUT2D eigenvalue weighted by atomic mass is 9.70. The minimum Gasteiger partial charge on any atom is -0.346 e. The number of hydrogen-bond donors (Lipinski definition) is 1. The van der Waals surface area contributed by atoms with Crippen molar-refractivity contribution in [2.45, 2.75) is 70.0 Å². The van der Waals surface area contributed by atoms with Crippen LogP contribution in [0.5, 0.6) is 0 Å². The lowest BCUT2D eigenvalue weighted by Gasteiger charge is -2.47. The molecule has 176 valence electrons. The highest BCUT2D eigenvalue weighted by Crippen LogP contribution is 2.47. The number of fused-ring (bicyclic) bond motifs is 3. The number of rotatable bonds is 3. The molecule has 1 aliphatic carbocycles. The van der Waals surface area contributed by atoms with E-state index in [-0.39, 0.29) is 30.6 Å². The molecule has 1 aliphatic heterocycles. The Morgan fingerprint density at radius 1 is 1.15 bits per heavy atom. The number of aromatic nitrogens is 3. The Balaban J connectivity index is 1.42. The second-order valence-electron chi connectivity index (χ2n) is 9.49. The van der Waals surface area contributed by atoms with Gasteiger partial charge in [-0.1, -0.05) is 6.92 Å². The topological polar surface area (TPSA) is 61.9 Å². The average Bonchev–Trinajstić information content (AvgIpc) is 3.31. The molecule has 1 saturated carbocycles. The van der Waals surface area contributed by atoms with Crippen molar-refractivity contribution in [1.29, 1.82) is 0 Å². The quantitative estimate of drug-likeness (QED) is 0.526. The zero-order chi connectivity index (χ0) is 23.2. The van der Waals surface area contributed by atoms with Gasteiger partial charge in [0.2, 0.25) is 5.91 Å². The third-order valence-corrected chi connectivity index (χ3v) is 7.75. The van der Waals surface area contributed by atoms with Crippen LogP contribution in [0.25, 0.3) is 21.9 Å². The second-order valence-corrected chi connectivity index (χ2v) is 9.49. The van der Waals surface area contributed by atoms with Gasteiger partial charge in [0.15, 0.2) is 0 Å². The fourth-order valence-corrected chi connectivity index (χ4v) is 6.24. The van der Waals surface area contributed by atoms with Crippen molar-refractivity contribution in [1.82, 2.24) is 19.9 Å². The molecule has 0 aromatic carbocycles. The lowest BCUT2D eigenvalue weighted by molar-refractivity contribution is -0.209. The standard InChI is InChI=1S/C25H29F3N4O/c1-2-21(33)32-13-3-4-19(25(26,27)28)23(32)16-7-5-15(6-8-16)17-9-11-29-20-14-31-24-18(22(17)20)10-12-30-24/h9-12,14-16,19,23H,2-8,13H2,1H3,(H,30,31). The molecule has 5 nitrogen and oxygen atoms in total. The highest BCUT2D eigenvalue weighted by molar-refractivity contribution is 6.05. The Morgan fingerprint density at radius 3 is 2.67 bits per heavy atom. The Hall–Kier alpha value is -2.64. The van der Waals surface area contributed by atoms with Crippen molar-refractivity contribution in [3.8, 4) is 0 Å². The molecule has 33 heavy (non-hydrogen) atoms. The molecular weight excluding hydrogens is 429 g/mol. The number of halogens is 3. The number of nitrogens with one attached hydrogen (secondary N) is 1. The van der Waals surface area contributed by atoms with E-state index in [9.17, 15) is 18.0 Å². The summed E-state index contributed by atoms with van der Waals surface area (Å²) in [7, 11) is 0. The van der Waals surface area contributed by atoms with Gasteiger partial charge in [-0.25, -0.2) is 4.98 Å². The molecule has 2 fully saturated rings. The van der Waals surface area contributed by atoms with E-state index in [0.29, 0.717) is 25.8 Å². The number of carbonyl (C=O) groups excluding carboxylic acids is 1. The predicted molar refractivity (Wildman–Crippen MR) is 121 cm³/mol. The molecule has 1 amide bonds. The van der Waals surface area contributed by atoms with E-state index >= 15 is 0 Å². The van der Waals surface area contributed by atoms with Gasteiger partial charge >= 0.3 is 6.18 Å². The number of amides is 1. The van der Waals surface area contributed by atoms with Gasteiger partial charge in [-0.05, 0) is 68.1 Å². The molecule has 1 saturated heterocycles. The largest absolute Gasteiger partial charge is 0.393 e. The number of alkyl halides is 3. The highest BCUT2D eigenvalue weighted by atomic mass is 19.4. The summed E-state index contributed by atoms with van der Waals surface area (Å²) in [4.78, 5) is 26.2. The number of aromatic amines is 1. The van der Waals surface area contributed by atoms with Crippen molar-refractivity contribution in [2.75, 3.05) is 6.54 Å². The summed E-state index contributed by atoms with van der Waals surface area (Å²) in [5.41, 5.74) is 2.85. The molecule has 1 N–H and O–H groups in total. The Labute approximate surface area is 190 Å². The maximum absolute atomic E-state index is 14.0. The van der Waals surface area contributed by atoms with E-state index in [0.717, 1.165) is 34.8 Å². The van der Waals surface area contributed by atoms with Gasteiger partial charge < -0.3 is 9.88 Å². The van der Waals surface area contributed by atoms with Crippen molar-refractivity contribution in [3.05, 3.63) is 36.3 Å². The highest BCUT2D eigenvalue weighted by Gasteiger charge is 2.51. The van der Waals surface area contributed by atoms with Gasteiger partial charge in [0.1, 0.15) is 5.65 Å². The molecule has 2 aliphatic rings. The molecule has 5 rings (SSSR count). The molecule has 2 atom stereocenters. The van der Waals surface area contributed by atoms with Crippen LogP contribution < -0.4 is 0 Å². The van der Waals surface area contributed by atoms with Crippen LogP contribution in [-0.2, 0) is 4.79 Å². The molecule has 2 unspecified atom stereocenters. The van der Waals surface area contributed by atoms with Gasteiger partial charge in [0.25, 0.3) is 0 Å². The van der Waals surface area contributed by atoms with Crippen molar-refractivity contribution >= 4 is 27.8 Å². The third kappa shape index (κ3) is 3.97. The summed E-state index contributed by atoms with van der Waals surface area (Å²) in [5.74, 6) is -1.43. The first-order valence-electron chi connectivity index (χ1n) is 12.0. The first-order chi connectivity index (χ1) is 15.9. The van der Waals surface area contributed by atoms with E-state index in [1.165, 1.54) is 5.56 Å². The van der Waals surface area contributed by atoms with E-state index < -0.39 is 18.1 Å². The van der Waals surface area contributed by atoms with Crippen LogP contribution in [0.2, 0.25) is 0 Å². The van der Waals surface area contributed by atoms with Crippen LogP contribution in [-0.4, -0.2) is 44.5 Å². The number of nitrogens with zero attached hydrogens (tertiary/aromatic N) is 3. The summed E-state index contributed by atoms with van der Waals surface area (Å²) in [6, 6.07) is 3.32. The van der Waals surface area contributed by atoms with Crippen LogP contribution in [0, 0.1) is 11.8 Å². The fourth-order valence-electron chi connectivity index (χ4n) is 6.24. The molecule has 0 radical (unpaired) electrons. The molecular formula is C25H29F3N4O. The smallest absolute Gasteiger partial charge is 0.346 e. The van der Waals surface area contributed by atoms with Crippen LogP contribution in [0.15, 0.2) is 30.7 Å². The Kier molecular flexibility index (Phi) is 5.79. The zero-order valence-electron chi connectivity index (χ0n) is 18.7. The third-order valence-electron chi connectivity index (χ3n) is 7.75. The zero-order valence-corrected chi connectivity index (χ0v) is 18.7. The minimum absolute atomic E-state index is 0.120. The predicted octanol–water partition coefficient (Wildman–Crippen LogP) is 5.96. The molecule has 3 aromatic heterocycles. The summed E-state index contributed by atoms with van der Waals surface area (Å²) in [5, 5.41) is 2.11. The van der Waals surface area contributed by atoms with Gasteiger partial charge in [-0.3, -0.25) is 9.78 Å². The summed E-state index contributed by atoms with van der Waals surface area (Å²) in [6.45, 7) is 2.18. The molecule has 4 heterocycles. The molecule has 0 bridgehead atoms. The van der Waals surface area contributed by atoms with Crippen molar-refractivity contribution in [3.63, 3.8) is 0 Å². The van der Waals surface area contributed by atoms with Gasteiger partial charge in [0.05, 0.1) is 17.6 Å². The van der Waals surface area contributed by atoms with Crippen molar-refractivity contribution < 1.29 is 18.0 Å². The number of likely N-dealkylation sites (tertiary alicyclic amines) is 1. The Morgan fingerprint density at radius 2 is 1.94 bits per heavy atom. The van der Waals surface area contributed by atoms with E-state index in [1.54, 1.807) is 24.2 Å². The first kappa shape index (κ1) is 22.2. The average molecular weight is 459 g/mol. The van der Waals surface area contributed by atoms with Gasteiger partial charge in [-0.15, -0.1) is 0 Å². The first-order valence-corrected chi connectivity index (χ1v) is 12.0. The van der Waals surface area contributed by atoms with Crippen molar-refractivity contribution in [2.24, 2.45) is 11.8 Å². The molecule has 8 heteroatoms. The summed E-state index contributed by atoms with van der Waals surface area (Å²) >= 11 is 0. The number of carbonyl (C=O) groups is 1. The maximum atomic E-state index is 14.0. The van der Waals surface area contributed by atoms with Crippen LogP contribution >= 0.6 is 0 Å². The minimum atomic E-state index is -4.28. The van der Waals surface area contributed by atoms with Gasteiger partial charge in [-0.2, -0.15) is 13.2 Å². The normalized spacial score (nSPS) is 26.7. The summed E-state index contributed by atoms with van der Waals surface area (Å²) in [6.07, 6.45) is 4.97. The monoisotopic (exact) mass is 458 g/mol. The number of hydrogen-bond acceptors (Lipinski definition) is 3. The van der Waals surface area contributed by atoms with E-state index in [4.69, 9.17) is 0 Å². The van der Waals surface area contributed by atoms with Crippen LogP contribution in [0.3, 0.4) is 0 Å². The second kappa shape index (κ2) is 8.61. The summed E-state index contributed by atoms with van der Waals surface area (Å²) < 4.78 is 41.9. The van der Waals surface area contributed by atoms with Crippen LogP contribution in [0.4, 0.5) is 13.2 Å². The van der Waals surface area contributed by atoms with Gasteiger partial charge in [0, 0.05) is 42.2 Å². The molecule has 3 aromatic rings. The molecule has 0 spiro atoms. The Bertz CT molecular complexity index is 1150. The number of piperidine rings is 1. The number of pyridine rings is 2. The maximum Gasteiger partial charge on any atom is 0.393 e. The van der Waals surface area contributed by atoms with E-state index in [2.05, 4.69) is 15.0 Å². The fraction of sp³-hybridized carbons (Fsp3) is 0.560.